The van der Waals surface area contributed by atoms with E-state index in [-0.39, 0.29) is 11.8 Å². The highest BCUT2D eigenvalue weighted by molar-refractivity contribution is 6.30. The van der Waals surface area contributed by atoms with Gasteiger partial charge in [0.1, 0.15) is 6.04 Å². The van der Waals surface area contributed by atoms with Crippen LogP contribution < -0.4 is 5.32 Å². The lowest BCUT2D eigenvalue weighted by atomic mass is 10.1. The first-order valence-electron chi connectivity index (χ1n) is 7.24. The predicted octanol–water partition coefficient (Wildman–Crippen LogP) is 2.23. The molecule has 0 saturated heterocycles. The van der Waals surface area contributed by atoms with Gasteiger partial charge >= 0.3 is 0 Å². The fourth-order valence-electron chi connectivity index (χ4n) is 2.02. The number of ether oxygens (including phenoxy) is 1. The molecule has 1 rings (SSSR count). The van der Waals surface area contributed by atoms with Crippen molar-refractivity contribution in [1.82, 2.24) is 10.2 Å². The maximum atomic E-state index is 12.1. The van der Waals surface area contributed by atoms with Crippen molar-refractivity contribution in [1.29, 1.82) is 0 Å². The van der Waals surface area contributed by atoms with E-state index in [1.807, 2.05) is 12.1 Å². The van der Waals surface area contributed by atoms with E-state index in [1.165, 1.54) is 11.8 Å². The normalized spacial score (nSPS) is 11.8. The van der Waals surface area contributed by atoms with Crippen molar-refractivity contribution in [3.05, 3.63) is 34.9 Å². The van der Waals surface area contributed by atoms with E-state index in [4.69, 9.17) is 16.3 Å². The molecule has 1 N–H and O–H groups in total. The summed E-state index contributed by atoms with van der Waals surface area (Å²) in [5, 5.41) is 3.45. The largest absolute Gasteiger partial charge is 0.385 e. The number of benzene rings is 1. The molecule has 122 valence electrons. The molecule has 0 saturated carbocycles. The van der Waals surface area contributed by atoms with Crippen molar-refractivity contribution < 1.29 is 14.3 Å². The molecule has 0 fully saturated rings. The van der Waals surface area contributed by atoms with E-state index in [0.717, 1.165) is 12.0 Å². The Labute approximate surface area is 136 Å². The topological polar surface area (TPSA) is 58.6 Å². The Morgan fingerprint density at radius 1 is 1.32 bits per heavy atom. The summed E-state index contributed by atoms with van der Waals surface area (Å²) in [6.07, 6.45) is 0.742. The maximum absolute atomic E-state index is 12.1. The summed E-state index contributed by atoms with van der Waals surface area (Å²) in [5.41, 5.74) is 0.929. The molecule has 0 spiro atoms. The SMILES string of the molecule is COCCCNC(=O)[C@H](C)N(Cc1ccc(Cl)cc1)C(C)=O. The van der Waals surface area contributed by atoms with E-state index in [2.05, 4.69) is 5.32 Å². The van der Waals surface area contributed by atoms with Gasteiger partial charge in [0.25, 0.3) is 0 Å². The number of rotatable bonds is 8. The van der Waals surface area contributed by atoms with Gasteiger partial charge in [0.05, 0.1) is 0 Å². The molecule has 0 aromatic heterocycles. The number of nitrogens with one attached hydrogen (secondary N) is 1. The minimum absolute atomic E-state index is 0.144. The van der Waals surface area contributed by atoms with Gasteiger partial charge in [0.15, 0.2) is 0 Å². The van der Waals surface area contributed by atoms with Gasteiger partial charge in [-0.15, -0.1) is 0 Å². The quantitative estimate of drug-likeness (QED) is 0.745. The average Bonchev–Trinajstić information content (AvgIpc) is 2.49. The minimum Gasteiger partial charge on any atom is -0.385 e. The zero-order valence-electron chi connectivity index (χ0n) is 13.3. The zero-order valence-corrected chi connectivity index (χ0v) is 14.0. The first kappa shape index (κ1) is 18.5. The molecule has 0 heterocycles. The van der Waals surface area contributed by atoms with E-state index in [9.17, 15) is 9.59 Å². The van der Waals surface area contributed by atoms with Gasteiger partial charge in [-0.1, -0.05) is 23.7 Å². The molecule has 0 aliphatic rings. The molecule has 5 nitrogen and oxygen atoms in total. The molecule has 1 atom stereocenters. The molecular weight excluding hydrogens is 304 g/mol. The van der Waals surface area contributed by atoms with Crippen LogP contribution in [-0.4, -0.2) is 43.0 Å². The van der Waals surface area contributed by atoms with Gasteiger partial charge in [-0.25, -0.2) is 0 Å². The summed E-state index contributed by atoms with van der Waals surface area (Å²) < 4.78 is 4.93. The molecular formula is C16H23ClN2O3. The van der Waals surface area contributed by atoms with E-state index in [0.29, 0.717) is 24.7 Å². The van der Waals surface area contributed by atoms with Crippen LogP contribution in [0.3, 0.4) is 0 Å². The predicted molar refractivity (Wildman–Crippen MR) is 86.6 cm³/mol. The van der Waals surface area contributed by atoms with E-state index >= 15 is 0 Å². The van der Waals surface area contributed by atoms with Gasteiger partial charge in [-0.05, 0) is 31.0 Å². The molecule has 1 aromatic rings. The van der Waals surface area contributed by atoms with Crippen molar-refractivity contribution in [2.24, 2.45) is 0 Å². The lowest BCUT2D eigenvalue weighted by molar-refractivity contribution is -0.139. The van der Waals surface area contributed by atoms with Gasteiger partial charge in [0.2, 0.25) is 11.8 Å². The van der Waals surface area contributed by atoms with Crippen molar-refractivity contribution in [3.63, 3.8) is 0 Å². The summed E-state index contributed by atoms with van der Waals surface area (Å²) in [6, 6.07) is 6.70. The second kappa shape index (κ2) is 9.43. The van der Waals surface area contributed by atoms with Crippen LogP contribution in [0, 0.1) is 0 Å². The molecule has 0 aliphatic heterocycles. The summed E-state index contributed by atoms with van der Waals surface area (Å²) in [5.74, 6) is -0.310. The number of hydrogen-bond donors (Lipinski definition) is 1. The molecule has 1 aromatic carbocycles. The third-order valence-electron chi connectivity index (χ3n) is 3.34. The van der Waals surface area contributed by atoms with Crippen molar-refractivity contribution >= 4 is 23.4 Å². The van der Waals surface area contributed by atoms with E-state index in [1.54, 1.807) is 26.2 Å². The third-order valence-corrected chi connectivity index (χ3v) is 3.59. The van der Waals surface area contributed by atoms with E-state index < -0.39 is 6.04 Å². The highest BCUT2D eigenvalue weighted by atomic mass is 35.5. The highest BCUT2D eigenvalue weighted by Crippen LogP contribution is 2.13. The Morgan fingerprint density at radius 2 is 1.95 bits per heavy atom. The second-order valence-electron chi connectivity index (χ2n) is 5.09. The first-order valence-corrected chi connectivity index (χ1v) is 7.61. The third kappa shape index (κ3) is 6.03. The number of nitrogens with zero attached hydrogens (tertiary/aromatic N) is 1. The van der Waals surface area contributed by atoms with Crippen LogP contribution in [0.1, 0.15) is 25.8 Å². The minimum atomic E-state index is -0.532. The Hall–Kier alpha value is -1.59. The number of hydrogen-bond acceptors (Lipinski definition) is 3. The Morgan fingerprint density at radius 3 is 2.50 bits per heavy atom. The van der Waals surface area contributed by atoms with Crippen molar-refractivity contribution in [3.8, 4) is 0 Å². The van der Waals surface area contributed by atoms with Crippen molar-refractivity contribution in [2.75, 3.05) is 20.3 Å². The van der Waals surface area contributed by atoms with Crippen LogP contribution in [0.4, 0.5) is 0 Å². The molecule has 0 radical (unpaired) electrons. The monoisotopic (exact) mass is 326 g/mol. The van der Waals surface area contributed by atoms with Crippen LogP contribution in [0.2, 0.25) is 5.02 Å². The Kier molecular flexibility index (Phi) is 7.91. The van der Waals surface area contributed by atoms with Crippen LogP contribution in [-0.2, 0) is 20.9 Å². The molecule has 6 heteroatoms. The first-order chi connectivity index (χ1) is 10.5. The summed E-state index contributed by atoms with van der Waals surface area (Å²) in [4.78, 5) is 25.5. The number of carbonyl (C=O) groups is 2. The fraction of sp³-hybridized carbons (Fsp3) is 0.500. The van der Waals surface area contributed by atoms with Crippen LogP contribution in [0.5, 0.6) is 0 Å². The van der Waals surface area contributed by atoms with Crippen LogP contribution in [0.25, 0.3) is 0 Å². The summed E-state index contributed by atoms with van der Waals surface area (Å²) in [7, 11) is 1.62. The number of halogens is 1. The number of methoxy groups -OCH3 is 1. The van der Waals surface area contributed by atoms with Crippen LogP contribution in [0.15, 0.2) is 24.3 Å². The van der Waals surface area contributed by atoms with Gasteiger partial charge in [-0.3, -0.25) is 9.59 Å². The molecule has 0 bridgehead atoms. The zero-order chi connectivity index (χ0) is 16.5. The Bertz CT molecular complexity index is 491. The second-order valence-corrected chi connectivity index (χ2v) is 5.52. The number of amides is 2. The molecule has 22 heavy (non-hydrogen) atoms. The van der Waals surface area contributed by atoms with Crippen LogP contribution >= 0.6 is 11.6 Å². The average molecular weight is 327 g/mol. The van der Waals surface area contributed by atoms with Crippen molar-refractivity contribution in [2.45, 2.75) is 32.9 Å². The molecule has 0 aliphatic carbocycles. The molecule has 2 amide bonds. The summed E-state index contributed by atoms with van der Waals surface area (Å²) >= 11 is 5.85. The lowest BCUT2D eigenvalue weighted by Gasteiger charge is -2.27. The lowest BCUT2D eigenvalue weighted by Crippen LogP contribution is -2.47. The maximum Gasteiger partial charge on any atom is 0.242 e. The Balaban J connectivity index is 2.63. The van der Waals surface area contributed by atoms with Gasteiger partial charge < -0.3 is 15.0 Å². The van der Waals surface area contributed by atoms with Gasteiger partial charge in [0, 0.05) is 38.8 Å². The number of carbonyl (C=O) groups excluding carboxylic acids is 2. The summed E-state index contributed by atoms with van der Waals surface area (Å²) in [6.45, 7) is 4.69. The fourth-order valence-corrected chi connectivity index (χ4v) is 2.15. The smallest absolute Gasteiger partial charge is 0.242 e. The standard InChI is InChI=1S/C16H23ClN2O3/c1-12(16(21)18-9-4-10-22-3)19(13(2)20)11-14-5-7-15(17)8-6-14/h5-8,12H,4,9-11H2,1-3H3,(H,18,21)/t12-/m0/s1. The molecule has 0 unspecified atom stereocenters. The highest BCUT2D eigenvalue weighted by Gasteiger charge is 2.23. The van der Waals surface area contributed by atoms with Gasteiger partial charge in [-0.2, -0.15) is 0 Å².